The summed E-state index contributed by atoms with van der Waals surface area (Å²) in [6, 6.07) is -0.189. The van der Waals surface area contributed by atoms with Gasteiger partial charge in [0.25, 0.3) is 0 Å². The second kappa shape index (κ2) is 8.17. The zero-order valence-electron chi connectivity index (χ0n) is 12.0. The van der Waals surface area contributed by atoms with E-state index in [4.69, 9.17) is 5.73 Å². The molecule has 0 aromatic rings. The number of aliphatic hydroxyl groups is 1. The lowest BCUT2D eigenvalue weighted by molar-refractivity contribution is -0.127. The Hall–Kier alpha value is -0.370. The molecule has 1 saturated heterocycles. The van der Waals surface area contributed by atoms with Crippen LogP contribution in [0.15, 0.2) is 0 Å². The third-order valence-electron chi connectivity index (χ3n) is 3.73. The first-order chi connectivity index (χ1) is 9.34. The van der Waals surface area contributed by atoms with Gasteiger partial charge >= 0.3 is 6.18 Å². The highest BCUT2D eigenvalue weighted by Crippen LogP contribution is 2.23. The third-order valence-corrected chi connectivity index (χ3v) is 3.73. The number of nitrogens with zero attached hydrogens (tertiary/aromatic N) is 1. The monoisotopic (exact) mass is 297 g/mol. The van der Waals surface area contributed by atoms with Gasteiger partial charge in [-0.25, -0.2) is 0 Å². The molecule has 1 aliphatic heterocycles. The van der Waals surface area contributed by atoms with E-state index in [9.17, 15) is 18.3 Å². The van der Waals surface area contributed by atoms with Gasteiger partial charge in [0.05, 0.1) is 12.6 Å². The van der Waals surface area contributed by atoms with Gasteiger partial charge in [-0.1, -0.05) is 6.92 Å². The molecule has 1 heterocycles. The van der Waals surface area contributed by atoms with Crippen LogP contribution in [-0.2, 0) is 0 Å². The summed E-state index contributed by atoms with van der Waals surface area (Å²) in [6.07, 6.45) is -2.57. The number of aliphatic hydroxyl groups excluding tert-OH is 1. The van der Waals surface area contributed by atoms with E-state index >= 15 is 0 Å². The highest BCUT2D eigenvalue weighted by Gasteiger charge is 2.32. The normalized spacial score (nSPS) is 26.7. The van der Waals surface area contributed by atoms with Crippen molar-refractivity contribution in [2.45, 2.75) is 44.5 Å². The minimum atomic E-state index is -4.19. The van der Waals surface area contributed by atoms with E-state index in [0.717, 1.165) is 6.54 Å². The van der Waals surface area contributed by atoms with E-state index in [1.165, 1.54) is 0 Å². The first-order valence-electron chi connectivity index (χ1n) is 7.24. The van der Waals surface area contributed by atoms with Gasteiger partial charge in [0.15, 0.2) is 0 Å². The molecule has 0 aliphatic carbocycles. The first kappa shape index (κ1) is 17.7. The summed E-state index contributed by atoms with van der Waals surface area (Å²) in [4.78, 5) is 2.09. The Balaban J connectivity index is 2.51. The van der Waals surface area contributed by atoms with Gasteiger partial charge in [-0.3, -0.25) is 0 Å². The molecule has 1 rings (SSSR count). The number of nitrogens with two attached hydrogens (primary N) is 1. The number of alkyl halides is 3. The molecule has 1 aliphatic rings. The van der Waals surface area contributed by atoms with Crippen molar-refractivity contribution in [3.8, 4) is 0 Å². The third kappa shape index (κ3) is 6.88. The van der Waals surface area contributed by atoms with Gasteiger partial charge in [-0.05, 0) is 25.2 Å². The lowest BCUT2D eigenvalue weighted by Crippen LogP contribution is -2.52. The standard InChI is InChI=1S/C13H26F3N3O/c1-2-12(20)6-10-5-11(18-9-13(14,15)16)8-19(7-10)4-3-17/h10-12,18,20H,2-9,17H2,1H3. The van der Waals surface area contributed by atoms with Crippen LogP contribution < -0.4 is 11.1 Å². The number of rotatable bonds is 7. The molecule has 4 N–H and O–H groups in total. The molecular weight excluding hydrogens is 271 g/mol. The largest absolute Gasteiger partial charge is 0.401 e. The molecule has 1 fully saturated rings. The molecule has 0 saturated carbocycles. The molecule has 0 spiro atoms. The minimum absolute atomic E-state index is 0.189. The Morgan fingerprint density at radius 2 is 2.10 bits per heavy atom. The van der Waals surface area contributed by atoms with Gasteiger partial charge in [0.1, 0.15) is 0 Å². The number of hydrogen-bond acceptors (Lipinski definition) is 4. The molecule has 0 aromatic heterocycles. The molecule has 7 heteroatoms. The second-order valence-corrected chi connectivity index (χ2v) is 5.64. The van der Waals surface area contributed by atoms with Crippen LogP contribution in [0.1, 0.15) is 26.2 Å². The average Bonchev–Trinajstić information content (AvgIpc) is 2.35. The Bertz CT molecular complexity index is 276. The van der Waals surface area contributed by atoms with Gasteiger partial charge in [-0.15, -0.1) is 0 Å². The van der Waals surface area contributed by atoms with Gasteiger partial charge in [0, 0.05) is 32.2 Å². The van der Waals surface area contributed by atoms with Crippen LogP contribution in [0.3, 0.4) is 0 Å². The van der Waals surface area contributed by atoms with Crippen LogP contribution in [0.2, 0.25) is 0 Å². The van der Waals surface area contributed by atoms with Crippen molar-refractivity contribution in [3.05, 3.63) is 0 Å². The van der Waals surface area contributed by atoms with E-state index < -0.39 is 12.7 Å². The van der Waals surface area contributed by atoms with Crippen LogP contribution in [0.4, 0.5) is 13.2 Å². The van der Waals surface area contributed by atoms with Crippen molar-refractivity contribution < 1.29 is 18.3 Å². The van der Waals surface area contributed by atoms with E-state index in [2.05, 4.69) is 10.2 Å². The molecule has 4 nitrogen and oxygen atoms in total. The average molecular weight is 297 g/mol. The van der Waals surface area contributed by atoms with Crippen molar-refractivity contribution in [3.63, 3.8) is 0 Å². The zero-order valence-corrected chi connectivity index (χ0v) is 12.0. The maximum absolute atomic E-state index is 12.3. The Kier molecular flexibility index (Phi) is 7.22. The summed E-state index contributed by atoms with van der Waals surface area (Å²) in [5.41, 5.74) is 5.53. The predicted molar refractivity (Wildman–Crippen MR) is 72.4 cm³/mol. The molecule has 20 heavy (non-hydrogen) atoms. The second-order valence-electron chi connectivity index (χ2n) is 5.64. The Labute approximate surface area is 118 Å². The zero-order chi connectivity index (χ0) is 15.2. The topological polar surface area (TPSA) is 61.5 Å². The number of likely N-dealkylation sites (tertiary alicyclic amines) is 1. The number of nitrogens with one attached hydrogen (secondary N) is 1. The molecule has 0 bridgehead atoms. The summed E-state index contributed by atoms with van der Waals surface area (Å²) in [5, 5.41) is 12.3. The summed E-state index contributed by atoms with van der Waals surface area (Å²) < 4.78 is 36.8. The molecule has 0 aromatic carbocycles. The van der Waals surface area contributed by atoms with E-state index in [1.54, 1.807) is 0 Å². The number of hydrogen-bond donors (Lipinski definition) is 3. The predicted octanol–water partition coefficient (Wildman–Crippen LogP) is 0.948. The molecule has 0 radical (unpaired) electrons. The van der Waals surface area contributed by atoms with Gasteiger partial charge < -0.3 is 21.1 Å². The van der Waals surface area contributed by atoms with Crippen LogP contribution >= 0.6 is 0 Å². The summed E-state index contributed by atoms with van der Waals surface area (Å²) in [7, 11) is 0. The van der Waals surface area contributed by atoms with Crippen molar-refractivity contribution in [1.29, 1.82) is 0 Å². The Morgan fingerprint density at radius 1 is 1.40 bits per heavy atom. The molecule has 3 atom stereocenters. The quantitative estimate of drug-likeness (QED) is 0.655. The Morgan fingerprint density at radius 3 is 2.65 bits per heavy atom. The summed E-state index contributed by atoms with van der Waals surface area (Å²) in [6.45, 7) is 3.52. The van der Waals surface area contributed by atoms with Crippen LogP contribution in [0, 0.1) is 5.92 Å². The van der Waals surface area contributed by atoms with Crippen molar-refractivity contribution in [2.24, 2.45) is 11.7 Å². The SMILES string of the molecule is CCC(O)CC1CC(NCC(F)(F)F)CN(CCN)C1. The van der Waals surface area contributed by atoms with Crippen LogP contribution in [-0.4, -0.2) is 61.1 Å². The van der Waals surface area contributed by atoms with Gasteiger partial charge in [-0.2, -0.15) is 13.2 Å². The number of halogens is 3. The lowest BCUT2D eigenvalue weighted by atomic mass is 9.89. The molecule has 120 valence electrons. The lowest BCUT2D eigenvalue weighted by Gasteiger charge is -2.39. The smallest absolute Gasteiger partial charge is 0.393 e. The molecule has 0 amide bonds. The van der Waals surface area contributed by atoms with Gasteiger partial charge in [0.2, 0.25) is 0 Å². The fraction of sp³-hybridized carbons (Fsp3) is 1.00. The first-order valence-corrected chi connectivity index (χ1v) is 7.24. The highest BCUT2D eigenvalue weighted by molar-refractivity contribution is 4.85. The van der Waals surface area contributed by atoms with Crippen molar-refractivity contribution in [2.75, 3.05) is 32.7 Å². The van der Waals surface area contributed by atoms with Crippen molar-refractivity contribution in [1.82, 2.24) is 10.2 Å². The maximum atomic E-state index is 12.3. The van der Waals surface area contributed by atoms with Crippen molar-refractivity contribution >= 4 is 0 Å². The number of piperidine rings is 1. The minimum Gasteiger partial charge on any atom is -0.393 e. The maximum Gasteiger partial charge on any atom is 0.401 e. The summed E-state index contributed by atoms with van der Waals surface area (Å²) >= 11 is 0. The molecule has 3 unspecified atom stereocenters. The fourth-order valence-corrected chi connectivity index (χ4v) is 2.80. The summed E-state index contributed by atoms with van der Waals surface area (Å²) in [5.74, 6) is 0.219. The van der Waals surface area contributed by atoms with Crippen LogP contribution in [0.5, 0.6) is 0 Å². The van der Waals surface area contributed by atoms with Crippen LogP contribution in [0.25, 0.3) is 0 Å². The fourth-order valence-electron chi connectivity index (χ4n) is 2.80. The van der Waals surface area contributed by atoms with E-state index in [0.29, 0.717) is 38.9 Å². The van der Waals surface area contributed by atoms with E-state index in [1.807, 2.05) is 6.92 Å². The highest BCUT2D eigenvalue weighted by atomic mass is 19.4. The molecular formula is C13H26F3N3O. The van der Waals surface area contributed by atoms with E-state index in [-0.39, 0.29) is 18.1 Å².